The van der Waals surface area contributed by atoms with Crippen LogP contribution in [0.25, 0.3) is 0 Å². The van der Waals surface area contributed by atoms with Crippen LogP contribution in [0.2, 0.25) is 0 Å². The van der Waals surface area contributed by atoms with Crippen molar-refractivity contribution < 1.29 is 9.47 Å². The fraction of sp³-hybridized carbons (Fsp3) is 0.200. The van der Waals surface area contributed by atoms with E-state index < -0.39 is 0 Å². The largest absolute Gasteiger partial charge is 0.497 e. The van der Waals surface area contributed by atoms with Crippen LogP contribution < -0.4 is 20.1 Å². The number of nitrogens with one attached hydrogen (secondary N) is 2. The summed E-state index contributed by atoms with van der Waals surface area (Å²) in [6.07, 6.45) is 0. The van der Waals surface area contributed by atoms with Gasteiger partial charge in [-0.2, -0.15) is 4.98 Å². The minimum absolute atomic E-state index is 0.530. The van der Waals surface area contributed by atoms with Crippen LogP contribution in [-0.4, -0.2) is 24.2 Å². The van der Waals surface area contributed by atoms with Crippen molar-refractivity contribution in [2.75, 3.05) is 24.9 Å². The molecular weight excluding hydrogens is 328 g/mol. The zero-order chi connectivity index (χ0) is 18.5. The minimum atomic E-state index is 0.530. The number of benzene rings is 2. The molecule has 1 aromatic heterocycles. The summed E-state index contributed by atoms with van der Waals surface area (Å²) in [6, 6.07) is 15.4. The molecule has 0 saturated carbocycles. The smallest absolute Gasteiger partial charge is 0.229 e. The van der Waals surface area contributed by atoms with Crippen molar-refractivity contribution in [1.82, 2.24) is 9.97 Å². The van der Waals surface area contributed by atoms with Gasteiger partial charge >= 0.3 is 0 Å². The summed E-state index contributed by atoms with van der Waals surface area (Å²) < 4.78 is 10.5. The van der Waals surface area contributed by atoms with Gasteiger partial charge in [0.05, 0.1) is 14.2 Å². The molecule has 0 atom stereocenters. The van der Waals surface area contributed by atoms with Gasteiger partial charge in [0.25, 0.3) is 0 Å². The van der Waals surface area contributed by atoms with E-state index in [0.29, 0.717) is 5.95 Å². The van der Waals surface area contributed by atoms with Crippen molar-refractivity contribution in [3.05, 3.63) is 59.8 Å². The number of aromatic nitrogens is 2. The Labute approximate surface area is 153 Å². The summed E-state index contributed by atoms with van der Waals surface area (Å²) in [5.41, 5.74) is 3.75. The van der Waals surface area contributed by atoms with Gasteiger partial charge in [-0.05, 0) is 61.9 Å². The molecule has 6 heteroatoms. The van der Waals surface area contributed by atoms with Gasteiger partial charge in [-0.1, -0.05) is 0 Å². The van der Waals surface area contributed by atoms with Gasteiger partial charge in [0.2, 0.25) is 5.95 Å². The molecule has 2 N–H and O–H groups in total. The maximum absolute atomic E-state index is 5.30. The Kier molecular flexibility index (Phi) is 5.22. The van der Waals surface area contributed by atoms with E-state index in [1.165, 1.54) is 0 Å². The van der Waals surface area contributed by atoms with Gasteiger partial charge in [0.15, 0.2) is 0 Å². The van der Waals surface area contributed by atoms with E-state index in [9.17, 15) is 0 Å². The normalized spacial score (nSPS) is 10.3. The number of aryl methyl sites for hydroxylation is 2. The first kappa shape index (κ1) is 17.5. The molecule has 0 radical (unpaired) electrons. The third kappa shape index (κ3) is 4.22. The zero-order valence-corrected chi connectivity index (χ0v) is 15.3. The minimum Gasteiger partial charge on any atom is -0.497 e. The molecule has 0 aliphatic heterocycles. The second-order valence-electron chi connectivity index (χ2n) is 5.88. The molecule has 0 aliphatic rings. The monoisotopic (exact) mass is 350 g/mol. The van der Waals surface area contributed by atoms with Gasteiger partial charge in [0.1, 0.15) is 17.3 Å². The summed E-state index contributed by atoms with van der Waals surface area (Å²) >= 11 is 0. The fourth-order valence-corrected chi connectivity index (χ4v) is 2.60. The molecule has 134 valence electrons. The summed E-state index contributed by atoms with van der Waals surface area (Å²) in [4.78, 5) is 8.99. The van der Waals surface area contributed by atoms with E-state index in [2.05, 4.69) is 20.6 Å². The molecule has 3 aromatic rings. The molecule has 26 heavy (non-hydrogen) atoms. The van der Waals surface area contributed by atoms with Crippen LogP contribution in [0.15, 0.2) is 48.5 Å². The number of hydrogen-bond acceptors (Lipinski definition) is 6. The molecule has 2 aromatic carbocycles. The summed E-state index contributed by atoms with van der Waals surface area (Å²) in [7, 11) is 3.31. The first-order valence-electron chi connectivity index (χ1n) is 8.26. The van der Waals surface area contributed by atoms with Crippen molar-refractivity contribution in [3.63, 3.8) is 0 Å². The molecular formula is C20H22N4O2. The maximum Gasteiger partial charge on any atom is 0.229 e. The molecule has 0 unspecified atom stereocenters. The van der Waals surface area contributed by atoms with Crippen LogP contribution in [0.3, 0.4) is 0 Å². The topological polar surface area (TPSA) is 68.3 Å². The Morgan fingerprint density at radius 3 is 2.15 bits per heavy atom. The summed E-state index contributed by atoms with van der Waals surface area (Å²) in [6.45, 7) is 3.94. The van der Waals surface area contributed by atoms with E-state index in [-0.39, 0.29) is 0 Å². The highest BCUT2D eigenvalue weighted by molar-refractivity contribution is 5.62. The van der Waals surface area contributed by atoms with Crippen LogP contribution in [0, 0.1) is 13.8 Å². The highest BCUT2D eigenvalue weighted by Crippen LogP contribution is 2.25. The van der Waals surface area contributed by atoms with Crippen molar-refractivity contribution in [3.8, 4) is 11.5 Å². The second kappa shape index (κ2) is 7.74. The lowest BCUT2D eigenvalue weighted by Gasteiger charge is -2.12. The molecule has 6 nitrogen and oxygen atoms in total. The van der Waals surface area contributed by atoms with E-state index in [1.54, 1.807) is 14.2 Å². The van der Waals surface area contributed by atoms with Gasteiger partial charge < -0.3 is 20.1 Å². The Morgan fingerprint density at radius 1 is 0.769 bits per heavy atom. The predicted molar refractivity (Wildman–Crippen MR) is 104 cm³/mol. The van der Waals surface area contributed by atoms with Gasteiger partial charge in [-0.15, -0.1) is 0 Å². The average molecular weight is 350 g/mol. The van der Waals surface area contributed by atoms with Crippen molar-refractivity contribution in [2.24, 2.45) is 0 Å². The Bertz CT molecular complexity index is 895. The Balaban J connectivity index is 1.79. The number of nitrogens with zero attached hydrogens (tertiary/aromatic N) is 2. The quantitative estimate of drug-likeness (QED) is 0.677. The lowest BCUT2D eigenvalue weighted by atomic mass is 10.2. The first-order valence-corrected chi connectivity index (χ1v) is 8.26. The lowest BCUT2D eigenvalue weighted by Crippen LogP contribution is -2.02. The van der Waals surface area contributed by atoms with E-state index in [4.69, 9.17) is 9.47 Å². The van der Waals surface area contributed by atoms with Crippen LogP contribution in [0.5, 0.6) is 11.5 Å². The maximum atomic E-state index is 5.30. The molecule has 0 bridgehead atoms. The van der Waals surface area contributed by atoms with Gasteiger partial charge in [-0.3, -0.25) is 0 Å². The molecule has 1 heterocycles. The third-order valence-electron chi connectivity index (χ3n) is 3.87. The predicted octanol–water partition coefficient (Wildman–Crippen LogP) is 4.60. The van der Waals surface area contributed by atoms with E-state index in [0.717, 1.165) is 39.9 Å². The molecule has 0 saturated heterocycles. The SMILES string of the molecule is COc1ccc(Nc2nc(C)cc(Nc3ccc(OC)c(C)c3)n2)cc1. The molecule has 0 aliphatic carbocycles. The average Bonchev–Trinajstić information content (AvgIpc) is 2.62. The summed E-state index contributed by atoms with van der Waals surface area (Å²) in [5.74, 6) is 2.91. The van der Waals surface area contributed by atoms with Crippen molar-refractivity contribution >= 4 is 23.1 Å². The number of rotatable bonds is 6. The molecule has 3 rings (SSSR count). The molecule has 0 amide bonds. The van der Waals surface area contributed by atoms with Crippen molar-refractivity contribution in [2.45, 2.75) is 13.8 Å². The van der Waals surface area contributed by atoms with Gasteiger partial charge in [-0.25, -0.2) is 4.98 Å². The molecule has 0 fully saturated rings. The Hall–Kier alpha value is -3.28. The van der Waals surface area contributed by atoms with Crippen LogP contribution in [0.4, 0.5) is 23.1 Å². The van der Waals surface area contributed by atoms with Crippen molar-refractivity contribution in [1.29, 1.82) is 0 Å². The molecule has 0 spiro atoms. The Morgan fingerprint density at radius 2 is 1.50 bits per heavy atom. The second-order valence-corrected chi connectivity index (χ2v) is 5.88. The zero-order valence-electron chi connectivity index (χ0n) is 15.3. The fourth-order valence-electron chi connectivity index (χ4n) is 2.60. The van der Waals surface area contributed by atoms with Crippen LogP contribution in [0.1, 0.15) is 11.3 Å². The van der Waals surface area contributed by atoms with E-state index >= 15 is 0 Å². The summed E-state index contributed by atoms with van der Waals surface area (Å²) in [5, 5.41) is 6.53. The number of hydrogen-bond donors (Lipinski definition) is 2. The standard InChI is InChI=1S/C20H22N4O2/c1-13-11-16(7-10-18(13)26-4)22-19-12-14(2)21-20(24-19)23-15-5-8-17(25-3)9-6-15/h5-12H,1-4H3,(H2,21,22,23,24). The number of ether oxygens (including phenoxy) is 2. The van der Waals surface area contributed by atoms with Crippen LogP contribution in [-0.2, 0) is 0 Å². The first-order chi connectivity index (χ1) is 12.6. The van der Waals surface area contributed by atoms with E-state index in [1.807, 2.05) is 62.4 Å². The third-order valence-corrected chi connectivity index (χ3v) is 3.87. The van der Waals surface area contributed by atoms with Crippen LogP contribution >= 0.6 is 0 Å². The van der Waals surface area contributed by atoms with Gasteiger partial charge in [0, 0.05) is 23.1 Å². The number of anilines is 4. The highest BCUT2D eigenvalue weighted by Gasteiger charge is 2.05. The lowest BCUT2D eigenvalue weighted by molar-refractivity contribution is 0.412. The number of methoxy groups -OCH3 is 2. The highest BCUT2D eigenvalue weighted by atomic mass is 16.5.